The van der Waals surface area contributed by atoms with Crippen LogP contribution in [0, 0.1) is 11.3 Å². The minimum atomic E-state index is 0.469. The van der Waals surface area contributed by atoms with Crippen molar-refractivity contribution in [3.8, 4) is 6.07 Å². The van der Waals surface area contributed by atoms with Crippen molar-refractivity contribution in [2.75, 3.05) is 25.0 Å². The lowest BCUT2D eigenvalue weighted by atomic mass is 10.0. The summed E-state index contributed by atoms with van der Waals surface area (Å²) in [5.74, 6) is 0.780. The average Bonchev–Trinajstić information content (AvgIpc) is 2.39. The predicted octanol–water partition coefficient (Wildman–Crippen LogP) is 1.90. The van der Waals surface area contributed by atoms with Gasteiger partial charge in [0.2, 0.25) is 0 Å². The Morgan fingerprint density at radius 2 is 2.24 bits per heavy atom. The second kappa shape index (κ2) is 5.48. The maximum Gasteiger partial charge on any atom is 0.146 e. The molecule has 1 aliphatic rings. The molecule has 0 amide bonds. The van der Waals surface area contributed by atoms with Gasteiger partial charge in [0.15, 0.2) is 0 Å². The number of aromatic nitrogens is 1. The molecular weight excluding hydrogens is 280 g/mol. The third-order valence-electron chi connectivity index (χ3n) is 3.14. The molecule has 1 aromatic rings. The normalized spacial score (nSPS) is 16.5. The first kappa shape index (κ1) is 12.3. The summed E-state index contributed by atoms with van der Waals surface area (Å²) in [6, 6.07) is 4.50. The predicted molar refractivity (Wildman–Crippen MR) is 70.9 cm³/mol. The maximum atomic E-state index is 9.14. The molecule has 90 valence electrons. The largest absolute Gasteiger partial charge is 0.356 e. The first-order chi connectivity index (χ1) is 8.22. The molecular formula is C12H15BrN4. The molecule has 0 saturated carbocycles. The van der Waals surface area contributed by atoms with Crippen LogP contribution in [0.1, 0.15) is 18.4 Å². The van der Waals surface area contributed by atoms with E-state index in [4.69, 9.17) is 5.26 Å². The van der Waals surface area contributed by atoms with E-state index in [2.05, 4.69) is 37.2 Å². The fraction of sp³-hybridized carbons (Fsp3) is 0.500. The maximum absolute atomic E-state index is 9.14. The van der Waals surface area contributed by atoms with Gasteiger partial charge in [0.1, 0.15) is 11.9 Å². The smallest absolute Gasteiger partial charge is 0.146 e. The van der Waals surface area contributed by atoms with E-state index < -0.39 is 0 Å². The van der Waals surface area contributed by atoms with Gasteiger partial charge in [0.05, 0.1) is 5.56 Å². The number of nitrogens with one attached hydrogen (secondary N) is 1. The SMILES string of the molecule is CN(c1ncc(Br)cc1C#N)C1CCNCC1. The number of rotatable bonds is 2. The van der Waals surface area contributed by atoms with Gasteiger partial charge in [-0.25, -0.2) is 4.98 Å². The molecule has 5 heteroatoms. The standard InChI is InChI=1S/C12H15BrN4/c1-17(11-2-4-15-5-3-11)12-9(7-14)6-10(13)8-16-12/h6,8,11,15H,2-5H2,1H3. The summed E-state index contributed by atoms with van der Waals surface area (Å²) in [5.41, 5.74) is 0.625. The van der Waals surface area contributed by atoms with Gasteiger partial charge >= 0.3 is 0 Å². The average molecular weight is 295 g/mol. The third-order valence-corrected chi connectivity index (χ3v) is 3.58. The number of hydrogen-bond acceptors (Lipinski definition) is 4. The molecule has 1 fully saturated rings. The van der Waals surface area contributed by atoms with Crippen LogP contribution in [0.25, 0.3) is 0 Å². The number of hydrogen-bond donors (Lipinski definition) is 1. The lowest BCUT2D eigenvalue weighted by Gasteiger charge is -2.32. The van der Waals surface area contributed by atoms with Crippen LogP contribution in [0.2, 0.25) is 0 Å². The molecule has 17 heavy (non-hydrogen) atoms. The molecule has 1 aromatic heterocycles. The van der Waals surface area contributed by atoms with Crippen molar-refractivity contribution in [2.24, 2.45) is 0 Å². The van der Waals surface area contributed by atoms with Crippen molar-refractivity contribution in [1.82, 2.24) is 10.3 Å². The molecule has 2 rings (SSSR count). The molecule has 1 aliphatic heterocycles. The summed E-state index contributed by atoms with van der Waals surface area (Å²) in [7, 11) is 2.02. The second-order valence-electron chi connectivity index (χ2n) is 4.23. The van der Waals surface area contributed by atoms with Crippen LogP contribution < -0.4 is 10.2 Å². The topological polar surface area (TPSA) is 52.0 Å². The van der Waals surface area contributed by atoms with Gasteiger partial charge in [-0.1, -0.05) is 0 Å². The highest BCUT2D eigenvalue weighted by atomic mass is 79.9. The van der Waals surface area contributed by atoms with Gasteiger partial charge in [-0.3, -0.25) is 0 Å². The van der Waals surface area contributed by atoms with E-state index >= 15 is 0 Å². The van der Waals surface area contributed by atoms with Crippen LogP contribution in [0.15, 0.2) is 16.7 Å². The molecule has 0 aromatic carbocycles. The van der Waals surface area contributed by atoms with Gasteiger partial charge in [0.25, 0.3) is 0 Å². The fourth-order valence-electron chi connectivity index (χ4n) is 2.16. The van der Waals surface area contributed by atoms with Gasteiger partial charge < -0.3 is 10.2 Å². The molecule has 0 unspecified atom stereocenters. The van der Waals surface area contributed by atoms with Crippen molar-refractivity contribution < 1.29 is 0 Å². The second-order valence-corrected chi connectivity index (χ2v) is 5.14. The summed E-state index contributed by atoms with van der Waals surface area (Å²) in [6.07, 6.45) is 3.94. The zero-order valence-corrected chi connectivity index (χ0v) is 11.4. The highest BCUT2D eigenvalue weighted by Gasteiger charge is 2.21. The van der Waals surface area contributed by atoms with Crippen molar-refractivity contribution >= 4 is 21.7 Å². The van der Waals surface area contributed by atoms with E-state index in [0.717, 1.165) is 36.2 Å². The Labute approximate surface area is 110 Å². The molecule has 1 saturated heterocycles. The Balaban J connectivity index is 2.23. The summed E-state index contributed by atoms with van der Waals surface area (Å²) < 4.78 is 0.844. The highest BCUT2D eigenvalue weighted by Crippen LogP contribution is 2.23. The van der Waals surface area contributed by atoms with E-state index in [1.807, 2.05) is 13.1 Å². The lowest BCUT2D eigenvalue weighted by Crippen LogP contribution is -2.41. The molecule has 0 aliphatic carbocycles. The molecule has 0 spiro atoms. The van der Waals surface area contributed by atoms with E-state index in [-0.39, 0.29) is 0 Å². The summed E-state index contributed by atoms with van der Waals surface area (Å²) in [4.78, 5) is 6.49. The van der Waals surface area contributed by atoms with Crippen LogP contribution in [-0.4, -0.2) is 31.2 Å². The van der Waals surface area contributed by atoms with E-state index in [1.165, 1.54) is 0 Å². The monoisotopic (exact) mass is 294 g/mol. The van der Waals surface area contributed by atoms with Gasteiger partial charge in [-0.05, 0) is 47.9 Å². The van der Waals surface area contributed by atoms with Crippen molar-refractivity contribution in [2.45, 2.75) is 18.9 Å². The van der Waals surface area contributed by atoms with Crippen molar-refractivity contribution in [1.29, 1.82) is 5.26 Å². The molecule has 2 heterocycles. The van der Waals surface area contributed by atoms with E-state index in [0.29, 0.717) is 11.6 Å². The minimum absolute atomic E-state index is 0.469. The first-order valence-corrected chi connectivity index (χ1v) is 6.51. The first-order valence-electron chi connectivity index (χ1n) is 5.71. The van der Waals surface area contributed by atoms with E-state index in [9.17, 15) is 0 Å². The summed E-state index contributed by atoms with van der Waals surface area (Å²) >= 11 is 3.34. The number of nitrogens with zero attached hydrogens (tertiary/aromatic N) is 3. The summed E-state index contributed by atoms with van der Waals surface area (Å²) in [6.45, 7) is 2.07. The number of halogens is 1. The van der Waals surface area contributed by atoms with Crippen LogP contribution >= 0.6 is 15.9 Å². The van der Waals surface area contributed by atoms with Crippen LogP contribution in [-0.2, 0) is 0 Å². The Bertz CT molecular complexity index is 435. The molecule has 0 atom stereocenters. The Hall–Kier alpha value is -1.12. The highest BCUT2D eigenvalue weighted by molar-refractivity contribution is 9.10. The van der Waals surface area contributed by atoms with Crippen LogP contribution in [0.3, 0.4) is 0 Å². The zero-order chi connectivity index (χ0) is 12.3. The molecule has 1 N–H and O–H groups in total. The molecule has 0 bridgehead atoms. The molecule has 4 nitrogen and oxygen atoms in total. The van der Waals surface area contributed by atoms with Crippen LogP contribution in [0.4, 0.5) is 5.82 Å². The molecule has 0 radical (unpaired) electrons. The van der Waals surface area contributed by atoms with Gasteiger partial charge in [-0.2, -0.15) is 5.26 Å². The Morgan fingerprint density at radius 1 is 1.53 bits per heavy atom. The van der Waals surface area contributed by atoms with E-state index in [1.54, 1.807) is 6.20 Å². The fourth-order valence-corrected chi connectivity index (χ4v) is 2.49. The lowest BCUT2D eigenvalue weighted by molar-refractivity contribution is 0.441. The minimum Gasteiger partial charge on any atom is -0.356 e. The zero-order valence-electron chi connectivity index (χ0n) is 9.78. The van der Waals surface area contributed by atoms with Gasteiger partial charge in [0, 0.05) is 23.8 Å². The number of anilines is 1. The Kier molecular flexibility index (Phi) is 3.97. The quantitative estimate of drug-likeness (QED) is 0.905. The van der Waals surface area contributed by atoms with Crippen LogP contribution in [0.5, 0.6) is 0 Å². The Morgan fingerprint density at radius 3 is 2.88 bits per heavy atom. The third kappa shape index (κ3) is 2.76. The van der Waals surface area contributed by atoms with Crippen molar-refractivity contribution in [3.05, 3.63) is 22.3 Å². The number of piperidine rings is 1. The number of nitriles is 1. The number of pyridine rings is 1. The summed E-state index contributed by atoms with van der Waals surface area (Å²) in [5, 5.41) is 12.5. The van der Waals surface area contributed by atoms with Gasteiger partial charge in [-0.15, -0.1) is 0 Å². The van der Waals surface area contributed by atoms with Crippen molar-refractivity contribution in [3.63, 3.8) is 0 Å².